The Labute approximate surface area is 143 Å². The minimum absolute atomic E-state index is 0.503. The van der Waals surface area contributed by atoms with Crippen LogP contribution < -0.4 is 10.1 Å². The van der Waals surface area contributed by atoms with Gasteiger partial charge in [-0.2, -0.15) is 0 Å². The van der Waals surface area contributed by atoms with Crippen molar-refractivity contribution >= 4 is 5.69 Å². The van der Waals surface area contributed by atoms with E-state index >= 15 is 0 Å². The molecule has 0 aliphatic carbocycles. The van der Waals surface area contributed by atoms with E-state index in [1.165, 1.54) is 51.4 Å². The third kappa shape index (κ3) is 9.18. The van der Waals surface area contributed by atoms with E-state index < -0.39 is 0 Å². The first-order chi connectivity index (χ1) is 11.3. The van der Waals surface area contributed by atoms with E-state index in [1.54, 1.807) is 7.11 Å². The van der Waals surface area contributed by atoms with Crippen molar-refractivity contribution in [3.8, 4) is 17.7 Å². The van der Waals surface area contributed by atoms with E-state index in [1.807, 2.05) is 24.3 Å². The van der Waals surface area contributed by atoms with Crippen LogP contribution in [0.2, 0.25) is 0 Å². The summed E-state index contributed by atoms with van der Waals surface area (Å²) >= 11 is 0. The number of rotatable bonds is 11. The highest BCUT2D eigenvalue weighted by molar-refractivity contribution is 5.51. The minimum Gasteiger partial charge on any atom is -0.497 e. The number of benzene rings is 1. The molecular formula is C21H33NO. The topological polar surface area (TPSA) is 21.3 Å². The number of hydrogen-bond donors (Lipinski definition) is 1. The zero-order valence-electron chi connectivity index (χ0n) is 15.2. The van der Waals surface area contributed by atoms with Gasteiger partial charge in [-0.15, -0.1) is 0 Å². The lowest BCUT2D eigenvalue weighted by atomic mass is 9.98. The SMILES string of the molecule is CCCCCCCCCC(C#CNc1cccc(OC)c1)CC. The zero-order valence-corrected chi connectivity index (χ0v) is 15.2. The maximum absolute atomic E-state index is 5.22. The molecule has 1 atom stereocenters. The van der Waals surface area contributed by atoms with E-state index in [-0.39, 0.29) is 0 Å². The number of anilines is 1. The Morgan fingerprint density at radius 1 is 1.04 bits per heavy atom. The van der Waals surface area contributed by atoms with Crippen molar-refractivity contribution in [2.75, 3.05) is 12.4 Å². The quantitative estimate of drug-likeness (QED) is 0.297. The van der Waals surface area contributed by atoms with Gasteiger partial charge >= 0.3 is 0 Å². The number of ether oxygens (including phenoxy) is 1. The number of hydrogen-bond acceptors (Lipinski definition) is 2. The summed E-state index contributed by atoms with van der Waals surface area (Å²) in [7, 11) is 1.68. The van der Waals surface area contributed by atoms with Gasteiger partial charge in [-0.3, -0.25) is 0 Å². The number of unbranched alkanes of at least 4 members (excludes halogenated alkanes) is 6. The molecule has 0 saturated heterocycles. The molecule has 2 heteroatoms. The standard InChI is InChI=1S/C21H33NO/c1-4-6-7-8-9-10-11-13-19(5-2)16-17-22-20-14-12-15-21(18-20)23-3/h12,14-15,18-19,22H,4-11,13H2,1-3H3. The average Bonchev–Trinajstić information content (AvgIpc) is 2.59. The van der Waals surface area contributed by atoms with Gasteiger partial charge in [0.1, 0.15) is 5.75 Å². The molecule has 0 radical (unpaired) electrons. The van der Waals surface area contributed by atoms with Crippen molar-refractivity contribution in [1.82, 2.24) is 0 Å². The Kier molecular flexibility index (Phi) is 10.9. The van der Waals surface area contributed by atoms with Crippen molar-refractivity contribution in [2.24, 2.45) is 5.92 Å². The van der Waals surface area contributed by atoms with Crippen LogP contribution in [0.15, 0.2) is 24.3 Å². The van der Waals surface area contributed by atoms with Crippen LogP contribution in [0.3, 0.4) is 0 Å². The summed E-state index contributed by atoms with van der Waals surface area (Å²) in [5.41, 5.74) is 0.989. The van der Waals surface area contributed by atoms with E-state index in [9.17, 15) is 0 Å². The van der Waals surface area contributed by atoms with Gasteiger partial charge in [0.05, 0.1) is 7.11 Å². The molecule has 0 aliphatic heterocycles. The molecule has 1 unspecified atom stereocenters. The Hall–Kier alpha value is -1.62. The molecule has 0 amide bonds. The predicted molar refractivity (Wildman–Crippen MR) is 101 cm³/mol. The van der Waals surface area contributed by atoms with Crippen molar-refractivity contribution < 1.29 is 4.74 Å². The fraction of sp³-hybridized carbons (Fsp3) is 0.619. The lowest BCUT2D eigenvalue weighted by Crippen LogP contribution is -1.97. The van der Waals surface area contributed by atoms with Gasteiger partial charge in [-0.1, -0.05) is 70.8 Å². The zero-order chi connectivity index (χ0) is 16.8. The summed E-state index contributed by atoms with van der Waals surface area (Å²) < 4.78 is 5.22. The largest absolute Gasteiger partial charge is 0.497 e. The van der Waals surface area contributed by atoms with Gasteiger partial charge in [-0.05, 0) is 25.0 Å². The number of nitrogens with one attached hydrogen (secondary N) is 1. The summed E-state index contributed by atoms with van der Waals surface area (Å²) in [4.78, 5) is 0. The fourth-order valence-corrected chi connectivity index (χ4v) is 2.64. The summed E-state index contributed by atoms with van der Waals surface area (Å²) in [6.45, 7) is 4.50. The van der Waals surface area contributed by atoms with Crippen LogP contribution in [0.1, 0.15) is 71.6 Å². The van der Waals surface area contributed by atoms with Crippen LogP contribution in [0, 0.1) is 17.9 Å². The summed E-state index contributed by atoms with van der Waals surface area (Å²) in [6, 6.07) is 11.0. The lowest BCUT2D eigenvalue weighted by Gasteiger charge is -2.07. The molecule has 0 aliphatic rings. The molecule has 1 aromatic rings. The Morgan fingerprint density at radius 3 is 2.48 bits per heavy atom. The predicted octanol–water partition coefficient (Wildman–Crippen LogP) is 6.23. The second-order valence-corrected chi connectivity index (χ2v) is 6.14. The molecule has 0 spiro atoms. The van der Waals surface area contributed by atoms with E-state index in [4.69, 9.17) is 4.74 Å². The molecule has 0 heterocycles. The Balaban J connectivity index is 2.25. The summed E-state index contributed by atoms with van der Waals surface area (Å²) in [6.07, 6.45) is 11.9. The van der Waals surface area contributed by atoms with Crippen molar-refractivity contribution in [3.63, 3.8) is 0 Å². The molecule has 1 aromatic carbocycles. The van der Waals surface area contributed by atoms with Crippen molar-refractivity contribution in [1.29, 1.82) is 0 Å². The first-order valence-electron chi connectivity index (χ1n) is 9.20. The van der Waals surface area contributed by atoms with Crippen LogP contribution in [-0.4, -0.2) is 7.11 Å². The van der Waals surface area contributed by atoms with Crippen molar-refractivity contribution in [2.45, 2.75) is 71.6 Å². The molecule has 1 N–H and O–H groups in total. The first kappa shape index (κ1) is 19.4. The Morgan fingerprint density at radius 2 is 1.78 bits per heavy atom. The summed E-state index contributed by atoms with van der Waals surface area (Å²) in [5, 5.41) is 3.17. The highest BCUT2D eigenvalue weighted by atomic mass is 16.5. The third-order valence-electron chi connectivity index (χ3n) is 4.20. The van der Waals surface area contributed by atoms with Crippen LogP contribution in [0.25, 0.3) is 0 Å². The van der Waals surface area contributed by atoms with Gasteiger partial charge in [0.25, 0.3) is 0 Å². The fourth-order valence-electron chi connectivity index (χ4n) is 2.64. The normalized spacial score (nSPS) is 11.4. The second kappa shape index (κ2) is 12.9. The Bertz CT molecular complexity index is 472. The van der Waals surface area contributed by atoms with Gasteiger partial charge in [0.15, 0.2) is 0 Å². The van der Waals surface area contributed by atoms with Gasteiger partial charge < -0.3 is 10.1 Å². The van der Waals surface area contributed by atoms with E-state index in [2.05, 4.69) is 31.1 Å². The third-order valence-corrected chi connectivity index (χ3v) is 4.20. The maximum atomic E-state index is 5.22. The molecule has 0 fully saturated rings. The molecule has 0 aromatic heterocycles. The molecule has 2 nitrogen and oxygen atoms in total. The molecule has 0 bridgehead atoms. The highest BCUT2D eigenvalue weighted by Gasteiger charge is 2.02. The number of methoxy groups -OCH3 is 1. The second-order valence-electron chi connectivity index (χ2n) is 6.14. The van der Waals surface area contributed by atoms with Gasteiger partial charge in [0, 0.05) is 23.7 Å². The van der Waals surface area contributed by atoms with Gasteiger partial charge in [0.2, 0.25) is 0 Å². The van der Waals surface area contributed by atoms with Crippen LogP contribution in [0.4, 0.5) is 5.69 Å². The van der Waals surface area contributed by atoms with Gasteiger partial charge in [-0.25, -0.2) is 0 Å². The molecule has 23 heavy (non-hydrogen) atoms. The molecule has 128 valence electrons. The maximum Gasteiger partial charge on any atom is 0.120 e. The first-order valence-corrected chi connectivity index (χ1v) is 9.20. The van der Waals surface area contributed by atoms with Crippen LogP contribution in [-0.2, 0) is 0 Å². The van der Waals surface area contributed by atoms with Crippen LogP contribution in [0.5, 0.6) is 5.75 Å². The van der Waals surface area contributed by atoms with Crippen molar-refractivity contribution in [3.05, 3.63) is 24.3 Å². The molecule has 0 saturated carbocycles. The summed E-state index contributed by atoms with van der Waals surface area (Å²) in [5.74, 6) is 4.72. The van der Waals surface area contributed by atoms with Crippen LogP contribution >= 0.6 is 0 Å². The lowest BCUT2D eigenvalue weighted by molar-refractivity contribution is 0.415. The smallest absolute Gasteiger partial charge is 0.120 e. The monoisotopic (exact) mass is 315 g/mol. The molecular weight excluding hydrogens is 282 g/mol. The molecule has 1 rings (SSSR count). The van der Waals surface area contributed by atoms with E-state index in [0.29, 0.717) is 5.92 Å². The average molecular weight is 316 g/mol. The highest BCUT2D eigenvalue weighted by Crippen LogP contribution is 2.17. The minimum atomic E-state index is 0.503. The van der Waals surface area contributed by atoms with E-state index in [0.717, 1.165) is 17.9 Å².